The molecule has 0 aliphatic carbocycles. The molecule has 0 saturated heterocycles. The molecule has 17 heavy (non-hydrogen) atoms. The molecule has 2 aromatic heterocycles. The summed E-state index contributed by atoms with van der Waals surface area (Å²) in [5.41, 5.74) is 1.49. The SMILES string of the molecule is CC(C)(C)Cc1cc(=O)n2cc(Cl)ccc2n1. The lowest BCUT2D eigenvalue weighted by atomic mass is 9.90. The highest BCUT2D eigenvalue weighted by Crippen LogP contribution is 2.19. The Morgan fingerprint density at radius 1 is 1.35 bits per heavy atom. The van der Waals surface area contributed by atoms with Gasteiger partial charge in [0.15, 0.2) is 0 Å². The van der Waals surface area contributed by atoms with Crippen molar-refractivity contribution in [2.75, 3.05) is 0 Å². The van der Waals surface area contributed by atoms with Gasteiger partial charge in [-0.05, 0) is 24.0 Å². The van der Waals surface area contributed by atoms with Gasteiger partial charge in [-0.1, -0.05) is 32.4 Å². The van der Waals surface area contributed by atoms with Gasteiger partial charge in [0, 0.05) is 18.0 Å². The van der Waals surface area contributed by atoms with E-state index in [-0.39, 0.29) is 11.0 Å². The molecular formula is C13H15ClN2O. The number of hydrogen-bond donors (Lipinski definition) is 0. The van der Waals surface area contributed by atoms with Crippen LogP contribution in [0.5, 0.6) is 0 Å². The number of pyridine rings is 1. The van der Waals surface area contributed by atoms with Crippen LogP contribution in [0, 0.1) is 5.41 Å². The van der Waals surface area contributed by atoms with E-state index in [0.29, 0.717) is 10.7 Å². The largest absolute Gasteiger partial charge is 0.269 e. The van der Waals surface area contributed by atoms with Gasteiger partial charge in [-0.2, -0.15) is 0 Å². The zero-order chi connectivity index (χ0) is 12.6. The van der Waals surface area contributed by atoms with E-state index in [1.165, 1.54) is 4.40 Å². The molecule has 90 valence electrons. The van der Waals surface area contributed by atoms with Crippen LogP contribution in [0.25, 0.3) is 5.65 Å². The molecule has 0 amide bonds. The highest BCUT2D eigenvalue weighted by molar-refractivity contribution is 6.30. The number of aromatic nitrogens is 2. The van der Waals surface area contributed by atoms with Crippen LogP contribution in [0.4, 0.5) is 0 Å². The van der Waals surface area contributed by atoms with Crippen molar-refractivity contribution in [3.8, 4) is 0 Å². The Kier molecular flexibility index (Phi) is 2.96. The predicted octanol–water partition coefficient (Wildman–Crippen LogP) is 2.94. The first kappa shape index (κ1) is 12.1. The standard InChI is InChI=1S/C13H15ClN2O/c1-13(2,3)7-10-6-12(17)16-8-9(14)4-5-11(16)15-10/h4-6,8H,7H2,1-3H3. The molecule has 2 aromatic rings. The van der Waals surface area contributed by atoms with Crippen LogP contribution in [0.2, 0.25) is 5.02 Å². The summed E-state index contributed by atoms with van der Waals surface area (Å²) >= 11 is 5.85. The van der Waals surface area contributed by atoms with Gasteiger partial charge in [-0.15, -0.1) is 0 Å². The highest BCUT2D eigenvalue weighted by Gasteiger charge is 2.13. The van der Waals surface area contributed by atoms with Crippen molar-refractivity contribution >= 4 is 17.2 Å². The summed E-state index contributed by atoms with van der Waals surface area (Å²) in [6.07, 6.45) is 2.37. The Balaban J connectivity index is 2.57. The van der Waals surface area contributed by atoms with Crippen LogP contribution in [-0.2, 0) is 6.42 Å². The zero-order valence-corrected chi connectivity index (χ0v) is 11.0. The second-order valence-corrected chi connectivity index (χ2v) is 5.84. The van der Waals surface area contributed by atoms with E-state index < -0.39 is 0 Å². The van der Waals surface area contributed by atoms with Crippen molar-refractivity contribution < 1.29 is 0 Å². The molecule has 0 atom stereocenters. The van der Waals surface area contributed by atoms with E-state index in [1.54, 1.807) is 24.4 Å². The normalized spacial score (nSPS) is 12.0. The zero-order valence-electron chi connectivity index (χ0n) is 10.2. The quantitative estimate of drug-likeness (QED) is 0.780. The van der Waals surface area contributed by atoms with Crippen molar-refractivity contribution in [2.24, 2.45) is 5.41 Å². The molecule has 2 heterocycles. The Morgan fingerprint density at radius 3 is 2.71 bits per heavy atom. The highest BCUT2D eigenvalue weighted by atomic mass is 35.5. The summed E-state index contributed by atoms with van der Waals surface area (Å²) in [7, 11) is 0. The minimum atomic E-state index is -0.0863. The molecule has 2 rings (SSSR count). The van der Waals surface area contributed by atoms with Crippen molar-refractivity contribution in [3.63, 3.8) is 0 Å². The topological polar surface area (TPSA) is 34.4 Å². The summed E-state index contributed by atoms with van der Waals surface area (Å²) in [6.45, 7) is 6.37. The maximum atomic E-state index is 11.9. The molecule has 0 aromatic carbocycles. The molecule has 0 saturated carbocycles. The second kappa shape index (κ2) is 4.15. The van der Waals surface area contributed by atoms with Crippen molar-refractivity contribution in [2.45, 2.75) is 27.2 Å². The van der Waals surface area contributed by atoms with E-state index in [2.05, 4.69) is 25.8 Å². The summed E-state index contributed by atoms with van der Waals surface area (Å²) in [6, 6.07) is 5.08. The number of rotatable bonds is 1. The monoisotopic (exact) mass is 250 g/mol. The second-order valence-electron chi connectivity index (χ2n) is 5.40. The first-order valence-corrected chi connectivity index (χ1v) is 5.91. The molecule has 0 radical (unpaired) electrons. The molecule has 4 heteroatoms. The van der Waals surface area contributed by atoms with Crippen LogP contribution in [0.15, 0.2) is 29.2 Å². The molecule has 0 bridgehead atoms. The molecular weight excluding hydrogens is 236 g/mol. The average Bonchev–Trinajstić information content (AvgIpc) is 2.17. The summed E-state index contributed by atoms with van der Waals surface area (Å²) in [5.74, 6) is 0. The average molecular weight is 251 g/mol. The van der Waals surface area contributed by atoms with E-state index in [9.17, 15) is 4.79 Å². The fourth-order valence-electron chi connectivity index (χ4n) is 1.76. The molecule has 0 aliphatic rings. The van der Waals surface area contributed by atoms with Crippen molar-refractivity contribution in [1.82, 2.24) is 9.38 Å². The number of fused-ring (bicyclic) bond motifs is 1. The van der Waals surface area contributed by atoms with Crippen molar-refractivity contribution in [1.29, 1.82) is 0 Å². The van der Waals surface area contributed by atoms with Gasteiger partial charge < -0.3 is 0 Å². The number of halogens is 1. The molecule has 0 N–H and O–H groups in total. The van der Waals surface area contributed by atoms with Gasteiger partial charge in [0.1, 0.15) is 5.65 Å². The smallest absolute Gasteiger partial charge is 0.258 e. The van der Waals surface area contributed by atoms with E-state index in [0.717, 1.165) is 12.1 Å². The molecule has 0 aliphatic heterocycles. The van der Waals surface area contributed by atoms with Gasteiger partial charge in [-0.3, -0.25) is 9.20 Å². The Bertz CT molecular complexity index is 611. The van der Waals surface area contributed by atoms with Gasteiger partial charge in [0.05, 0.1) is 5.02 Å². The Hall–Kier alpha value is -1.35. The number of hydrogen-bond acceptors (Lipinski definition) is 2. The van der Waals surface area contributed by atoms with Crippen LogP contribution in [-0.4, -0.2) is 9.38 Å². The third kappa shape index (κ3) is 2.86. The van der Waals surface area contributed by atoms with Crippen molar-refractivity contribution in [3.05, 3.63) is 45.5 Å². The van der Waals surface area contributed by atoms with Crippen LogP contribution >= 0.6 is 11.6 Å². The van der Waals surface area contributed by atoms with E-state index in [4.69, 9.17) is 11.6 Å². The third-order valence-electron chi connectivity index (χ3n) is 2.39. The lowest BCUT2D eigenvalue weighted by Gasteiger charge is -2.17. The molecule has 3 nitrogen and oxygen atoms in total. The van der Waals surface area contributed by atoms with E-state index >= 15 is 0 Å². The summed E-state index contributed by atoms with van der Waals surface area (Å²) in [5, 5.41) is 0.532. The lowest BCUT2D eigenvalue weighted by Crippen LogP contribution is -2.18. The minimum absolute atomic E-state index is 0.0863. The van der Waals surface area contributed by atoms with Crippen LogP contribution in [0.3, 0.4) is 0 Å². The Labute approximate surface area is 105 Å². The molecule has 0 spiro atoms. The van der Waals surface area contributed by atoms with Gasteiger partial charge in [-0.25, -0.2) is 4.98 Å². The predicted molar refractivity (Wildman–Crippen MR) is 69.6 cm³/mol. The third-order valence-corrected chi connectivity index (χ3v) is 2.61. The fourth-order valence-corrected chi connectivity index (χ4v) is 1.92. The maximum Gasteiger partial charge on any atom is 0.258 e. The minimum Gasteiger partial charge on any atom is -0.269 e. The molecule has 0 unspecified atom stereocenters. The summed E-state index contributed by atoms with van der Waals surface area (Å²) < 4.78 is 1.47. The Morgan fingerprint density at radius 2 is 2.06 bits per heavy atom. The fraction of sp³-hybridized carbons (Fsp3) is 0.385. The van der Waals surface area contributed by atoms with E-state index in [1.807, 2.05) is 0 Å². The van der Waals surface area contributed by atoms with Crippen LogP contribution in [0.1, 0.15) is 26.5 Å². The number of nitrogens with zero attached hydrogens (tertiary/aromatic N) is 2. The van der Waals surface area contributed by atoms with Gasteiger partial charge in [0.25, 0.3) is 5.56 Å². The van der Waals surface area contributed by atoms with Gasteiger partial charge in [0.2, 0.25) is 0 Å². The summed E-state index contributed by atoms with van der Waals surface area (Å²) in [4.78, 5) is 16.4. The molecule has 0 fully saturated rings. The first-order chi connectivity index (χ1) is 7.85. The first-order valence-electron chi connectivity index (χ1n) is 5.53. The van der Waals surface area contributed by atoms with Gasteiger partial charge >= 0.3 is 0 Å². The maximum absolute atomic E-state index is 11.9. The van der Waals surface area contributed by atoms with Crippen LogP contribution < -0.4 is 5.56 Å². The lowest BCUT2D eigenvalue weighted by molar-refractivity contribution is 0.406.